The quantitative estimate of drug-likeness (QED) is 0.779. The van der Waals surface area contributed by atoms with Gasteiger partial charge in [0.15, 0.2) is 0 Å². The van der Waals surface area contributed by atoms with Crippen LogP contribution in [0.5, 0.6) is 0 Å². The summed E-state index contributed by atoms with van der Waals surface area (Å²) < 4.78 is 0. The van der Waals surface area contributed by atoms with Crippen molar-refractivity contribution in [3.8, 4) is 0 Å². The Morgan fingerprint density at radius 1 is 1.19 bits per heavy atom. The molecule has 3 rings (SSSR count). The van der Waals surface area contributed by atoms with Crippen LogP contribution in [0.4, 0.5) is 11.9 Å². The van der Waals surface area contributed by atoms with Crippen molar-refractivity contribution < 1.29 is 4.79 Å². The van der Waals surface area contributed by atoms with E-state index in [1.807, 2.05) is 0 Å². The molecule has 1 aliphatic rings. The lowest BCUT2D eigenvalue weighted by Gasteiger charge is -2.24. The number of hydrogen-bond donors (Lipinski definition) is 2. The Hall–Kier alpha value is -2.02. The van der Waals surface area contributed by atoms with Crippen LogP contribution in [0.3, 0.4) is 0 Å². The Morgan fingerprint density at radius 2 is 1.88 bits per heavy atom. The van der Waals surface area contributed by atoms with Gasteiger partial charge in [0.1, 0.15) is 0 Å². The first-order chi connectivity index (χ1) is 12.4. The number of nitrogens with zero attached hydrogens (tertiary/aromatic N) is 3. The van der Waals surface area contributed by atoms with Crippen molar-refractivity contribution in [1.82, 2.24) is 15.2 Å². The number of amides is 1. The zero-order chi connectivity index (χ0) is 18.6. The summed E-state index contributed by atoms with van der Waals surface area (Å²) in [5.74, 6) is 1.34. The van der Waals surface area contributed by atoms with Crippen molar-refractivity contribution in [2.75, 3.05) is 29.1 Å². The summed E-state index contributed by atoms with van der Waals surface area (Å²) in [5.41, 5.74) is 1.43. The average Bonchev–Trinajstić information content (AvgIpc) is 3.09. The Labute approximate surface area is 159 Å². The van der Waals surface area contributed by atoms with Gasteiger partial charge in [0.05, 0.1) is 5.75 Å². The van der Waals surface area contributed by atoms with Crippen LogP contribution in [0, 0.1) is 0 Å². The number of carbonyl (C=O) groups is 1. The first-order valence-corrected chi connectivity index (χ1v) is 10.1. The van der Waals surface area contributed by atoms with E-state index in [4.69, 9.17) is 0 Å². The maximum atomic E-state index is 12.2. The molecule has 0 unspecified atom stereocenters. The summed E-state index contributed by atoms with van der Waals surface area (Å²) in [6.07, 6.45) is 3.60. The van der Waals surface area contributed by atoms with Gasteiger partial charge in [-0.1, -0.05) is 32.9 Å². The molecule has 1 saturated heterocycles. The highest BCUT2D eigenvalue weighted by atomic mass is 32.2. The highest BCUT2D eigenvalue weighted by Gasteiger charge is 2.16. The molecule has 0 aliphatic carbocycles. The summed E-state index contributed by atoms with van der Waals surface area (Å²) in [6, 6.07) is 8.39. The average molecular weight is 374 g/mol. The molecule has 0 atom stereocenters. The second-order valence-corrected chi connectivity index (χ2v) is 8.69. The Kier molecular flexibility index (Phi) is 5.86. The van der Waals surface area contributed by atoms with Crippen molar-refractivity contribution in [2.24, 2.45) is 0 Å². The van der Waals surface area contributed by atoms with E-state index < -0.39 is 0 Å². The molecule has 2 heterocycles. The fraction of sp³-hybridized carbons (Fsp3) is 0.526. The minimum absolute atomic E-state index is 0.0868. The van der Waals surface area contributed by atoms with Crippen LogP contribution in [0.2, 0.25) is 0 Å². The monoisotopic (exact) mass is 373 g/mol. The molecular weight excluding hydrogens is 346 g/mol. The number of piperidine rings is 1. The molecule has 1 aromatic carbocycles. The molecule has 1 amide bonds. The molecule has 26 heavy (non-hydrogen) atoms. The van der Waals surface area contributed by atoms with Gasteiger partial charge in [-0.15, -0.1) is 16.9 Å². The number of nitrogens with one attached hydrogen (secondary N) is 2. The van der Waals surface area contributed by atoms with Gasteiger partial charge < -0.3 is 4.90 Å². The Balaban J connectivity index is 1.49. The fourth-order valence-electron chi connectivity index (χ4n) is 2.91. The largest absolute Gasteiger partial charge is 0.340 e. The minimum Gasteiger partial charge on any atom is -0.340 e. The number of H-pyrrole nitrogens is 1. The Morgan fingerprint density at radius 3 is 2.54 bits per heavy atom. The number of anilines is 2. The lowest BCUT2D eigenvalue weighted by Crippen LogP contribution is -2.30. The van der Waals surface area contributed by atoms with Gasteiger partial charge in [-0.05, 0) is 42.4 Å². The predicted molar refractivity (Wildman–Crippen MR) is 107 cm³/mol. The molecule has 1 fully saturated rings. The molecule has 1 aromatic heterocycles. The molecule has 0 bridgehead atoms. The molecule has 7 heteroatoms. The van der Waals surface area contributed by atoms with Crippen molar-refractivity contribution >= 4 is 29.6 Å². The number of aromatic amines is 1. The number of benzene rings is 1. The number of hydrogen-bond acceptors (Lipinski definition) is 5. The van der Waals surface area contributed by atoms with Crippen LogP contribution < -0.4 is 10.2 Å². The third-order valence-corrected chi connectivity index (χ3v) is 5.47. The van der Waals surface area contributed by atoms with Gasteiger partial charge in [0.2, 0.25) is 17.8 Å². The van der Waals surface area contributed by atoms with Crippen LogP contribution in [-0.2, 0) is 10.2 Å². The van der Waals surface area contributed by atoms with Gasteiger partial charge >= 0.3 is 0 Å². The first-order valence-electron chi connectivity index (χ1n) is 9.12. The predicted octanol–water partition coefficient (Wildman–Crippen LogP) is 3.82. The molecule has 2 aromatic rings. The van der Waals surface area contributed by atoms with Crippen molar-refractivity contribution in [1.29, 1.82) is 0 Å². The zero-order valence-electron chi connectivity index (χ0n) is 15.7. The smallest absolute Gasteiger partial charge is 0.246 e. The topological polar surface area (TPSA) is 73.9 Å². The molecule has 1 aliphatic heterocycles. The van der Waals surface area contributed by atoms with Crippen molar-refractivity contribution in [3.63, 3.8) is 0 Å². The van der Waals surface area contributed by atoms with Crippen LogP contribution in [0.1, 0.15) is 45.6 Å². The van der Waals surface area contributed by atoms with Gasteiger partial charge in [0.25, 0.3) is 0 Å². The van der Waals surface area contributed by atoms with Crippen LogP contribution in [0.15, 0.2) is 29.2 Å². The van der Waals surface area contributed by atoms with Crippen LogP contribution in [0.25, 0.3) is 0 Å². The zero-order valence-corrected chi connectivity index (χ0v) is 16.5. The summed E-state index contributed by atoms with van der Waals surface area (Å²) in [4.78, 5) is 19.8. The van der Waals surface area contributed by atoms with E-state index >= 15 is 0 Å². The fourth-order valence-corrected chi connectivity index (χ4v) is 3.61. The van der Waals surface area contributed by atoms with E-state index in [0.717, 1.165) is 18.0 Å². The van der Waals surface area contributed by atoms with Crippen molar-refractivity contribution in [2.45, 2.75) is 50.3 Å². The molecule has 140 valence electrons. The SMILES string of the molecule is CC(C)(C)c1ccc(SCC(=O)Nc2nc(N3CCCCC3)n[nH]2)cc1. The second-order valence-electron chi connectivity index (χ2n) is 7.64. The molecule has 0 radical (unpaired) electrons. The molecule has 6 nitrogen and oxygen atoms in total. The first kappa shape index (κ1) is 18.8. The van der Waals surface area contributed by atoms with Crippen molar-refractivity contribution in [3.05, 3.63) is 29.8 Å². The van der Waals surface area contributed by atoms with E-state index in [9.17, 15) is 4.79 Å². The van der Waals surface area contributed by atoms with Gasteiger partial charge in [-0.2, -0.15) is 4.98 Å². The number of carbonyl (C=O) groups excluding carboxylic acids is 1. The summed E-state index contributed by atoms with van der Waals surface area (Å²) in [5, 5.41) is 9.82. The van der Waals surface area contributed by atoms with E-state index in [-0.39, 0.29) is 11.3 Å². The lowest BCUT2D eigenvalue weighted by atomic mass is 9.87. The van der Waals surface area contributed by atoms with Gasteiger partial charge in [0, 0.05) is 18.0 Å². The summed E-state index contributed by atoms with van der Waals surface area (Å²) in [7, 11) is 0. The second kappa shape index (κ2) is 8.12. The van der Waals surface area contributed by atoms with E-state index in [1.165, 1.54) is 36.6 Å². The summed E-state index contributed by atoms with van der Waals surface area (Å²) >= 11 is 1.52. The maximum Gasteiger partial charge on any atom is 0.246 e. The molecule has 0 saturated carbocycles. The number of thioether (sulfide) groups is 1. The standard InChI is InChI=1S/C19H27N5OS/c1-19(2,3)14-7-9-15(10-8-14)26-13-16(25)20-17-21-18(23-22-17)24-11-5-4-6-12-24/h7-10H,4-6,11-13H2,1-3H3,(H2,20,21,22,23,25). The molecule has 2 N–H and O–H groups in total. The van der Waals surface area contributed by atoms with Gasteiger partial charge in [-0.3, -0.25) is 10.1 Å². The number of aromatic nitrogens is 3. The van der Waals surface area contributed by atoms with E-state index in [2.05, 4.69) is 70.4 Å². The number of rotatable bonds is 5. The maximum absolute atomic E-state index is 12.2. The normalized spacial score (nSPS) is 15.1. The highest BCUT2D eigenvalue weighted by molar-refractivity contribution is 8.00. The summed E-state index contributed by atoms with van der Waals surface area (Å²) in [6.45, 7) is 8.53. The lowest BCUT2D eigenvalue weighted by molar-refractivity contribution is -0.113. The molecular formula is C19H27N5OS. The third kappa shape index (κ3) is 5.00. The van der Waals surface area contributed by atoms with Crippen LogP contribution in [-0.4, -0.2) is 39.9 Å². The third-order valence-electron chi connectivity index (χ3n) is 4.46. The highest BCUT2D eigenvalue weighted by Crippen LogP contribution is 2.25. The van der Waals surface area contributed by atoms with E-state index in [0.29, 0.717) is 17.6 Å². The minimum atomic E-state index is -0.0868. The molecule has 0 spiro atoms. The van der Waals surface area contributed by atoms with E-state index in [1.54, 1.807) is 0 Å². The van der Waals surface area contributed by atoms with Crippen LogP contribution >= 0.6 is 11.8 Å². The Bertz CT molecular complexity index is 729. The van der Waals surface area contributed by atoms with Gasteiger partial charge in [-0.25, -0.2) is 5.10 Å².